The maximum atomic E-state index is 13.4. The van der Waals surface area contributed by atoms with Gasteiger partial charge in [-0.3, -0.25) is 4.79 Å². The first-order valence-electron chi connectivity index (χ1n) is 12.1. The highest BCUT2D eigenvalue weighted by atomic mass is 32.2. The molecule has 2 aliphatic rings. The molecule has 182 valence electrons. The van der Waals surface area contributed by atoms with Gasteiger partial charge in [-0.15, -0.1) is 23.1 Å². The van der Waals surface area contributed by atoms with Gasteiger partial charge in [-0.2, -0.15) is 0 Å². The number of nitrogens with zero attached hydrogens (tertiary/aromatic N) is 1. The molecule has 0 N–H and O–H groups in total. The number of carbonyl (C=O) groups is 2. The van der Waals surface area contributed by atoms with Crippen molar-refractivity contribution in [1.29, 1.82) is 0 Å². The molecule has 2 unspecified atom stereocenters. The highest BCUT2D eigenvalue weighted by Crippen LogP contribution is 2.38. The number of thiophene rings is 1. The second-order valence-corrected chi connectivity index (χ2v) is 11.2. The normalized spacial score (nSPS) is 21.1. The number of piperidine rings is 1. The summed E-state index contributed by atoms with van der Waals surface area (Å²) < 4.78 is 12.6. The highest BCUT2D eigenvalue weighted by molar-refractivity contribution is 8.00. The summed E-state index contributed by atoms with van der Waals surface area (Å²) in [6, 6.07) is 19.8. The smallest absolute Gasteiger partial charge is 0.338 e. The minimum absolute atomic E-state index is 0.0710. The van der Waals surface area contributed by atoms with Crippen molar-refractivity contribution in [3.05, 3.63) is 82.7 Å². The molecule has 2 fully saturated rings. The van der Waals surface area contributed by atoms with E-state index in [4.69, 9.17) is 9.47 Å². The molecule has 2 aromatic carbocycles. The largest absolute Gasteiger partial charge is 0.490 e. The topological polar surface area (TPSA) is 55.8 Å². The molecule has 0 aliphatic carbocycles. The molecule has 0 saturated carbocycles. The molecular formula is C28H29NO4S2. The van der Waals surface area contributed by atoms with E-state index in [0.29, 0.717) is 12.2 Å². The predicted molar refractivity (Wildman–Crippen MR) is 139 cm³/mol. The number of benzene rings is 2. The molecule has 1 amide bonds. The highest BCUT2D eigenvalue weighted by Gasteiger charge is 2.44. The van der Waals surface area contributed by atoms with Crippen molar-refractivity contribution in [3.8, 4) is 5.75 Å². The molecule has 1 aromatic heterocycles. The molecule has 2 aliphatic heterocycles. The van der Waals surface area contributed by atoms with E-state index in [1.165, 1.54) is 9.77 Å². The monoisotopic (exact) mass is 507 g/mol. The maximum Gasteiger partial charge on any atom is 0.338 e. The molecule has 5 nitrogen and oxygen atoms in total. The third kappa shape index (κ3) is 5.57. The zero-order chi connectivity index (χ0) is 24.2. The lowest BCUT2D eigenvalue weighted by atomic mass is 9.98. The molecule has 35 heavy (non-hydrogen) atoms. The minimum Gasteiger partial charge on any atom is -0.490 e. The molecule has 2 bridgehead atoms. The Morgan fingerprint density at radius 3 is 2.29 bits per heavy atom. The summed E-state index contributed by atoms with van der Waals surface area (Å²) in [5.74, 6) is 1.47. The SMILES string of the molecule is CCOC(=O)c1ccc(OC2CC3CCC(C2)N3C(=O)c2ccc(CSc3cccs3)cc2)cc1. The average Bonchev–Trinajstić information content (AvgIpc) is 3.49. The van der Waals surface area contributed by atoms with Crippen molar-refractivity contribution in [1.82, 2.24) is 4.90 Å². The Hall–Kier alpha value is -2.77. The maximum absolute atomic E-state index is 13.4. The van der Waals surface area contributed by atoms with Crippen LogP contribution < -0.4 is 4.74 Å². The Kier molecular flexibility index (Phi) is 7.44. The van der Waals surface area contributed by atoms with Crippen LogP contribution in [0.1, 0.15) is 58.9 Å². The van der Waals surface area contributed by atoms with E-state index in [9.17, 15) is 9.59 Å². The third-order valence-corrected chi connectivity index (χ3v) is 8.87. The first-order valence-corrected chi connectivity index (χ1v) is 14.0. The van der Waals surface area contributed by atoms with Crippen molar-refractivity contribution in [2.45, 2.75) is 60.8 Å². The average molecular weight is 508 g/mol. The number of fused-ring (bicyclic) bond motifs is 2. The van der Waals surface area contributed by atoms with E-state index >= 15 is 0 Å². The molecular weight excluding hydrogens is 478 g/mol. The van der Waals surface area contributed by atoms with Crippen LogP contribution in [0.4, 0.5) is 0 Å². The fourth-order valence-electron chi connectivity index (χ4n) is 5.02. The van der Waals surface area contributed by atoms with Gasteiger partial charge < -0.3 is 14.4 Å². The summed E-state index contributed by atoms with van der Waals surface area (Å²) in [5.41, 5.74) is 2.51. The first-order chi connectivity index (χ1) is 17.1. The lowest BCUT2D eigenvalue weighted by Gasteiger charge is -2.39. The van der Waals surface area contributed by atoms with Crippen molar-refractivity contribution >= 4 is 35.0 Å². The van der Waals surface area contributed by atoms with E-state index in [2.05, 4.69) is 34.5 Å². The summed E-state index contributed by atoms with van der Waals surface area (Å²) in [5, 5.41) is 2.09. The van der Waals surface area contributed by atoms with Crippen LogP contribution in [0.15, 0.2) is 70.3 Å². The molecule has 3 heterocycles. The Morgan fingerprint density at radius 2 is 1.66 bits per heavy atom. The molecule has 5 rings (SSSR count). The van der Waals surface area contributed by atoms with Crippen LogP contribution in [0.25, 0.3) is 0 Å². The van der Waals surface area contributed by atoms with Gasteiger partial charge in [0.1, 0.15) is 11.9 Å². The zero-order valence-corrected chi connectivity index (χ0v) is 21.4. The summed E-state index contributed by atoms with van der Waals surface area (Å²) >= 11 is 3.58. The second kappa shape index (κ2) is 10.9. The van der Waals surface area contributed by atoms with Crippen LogP contribution in [-0.2, 0) is 10.5 Å². The van der Waals surface area contributed by atoms with E-state index in [1.807, 2.05) is 36.0 Å². The number of ether oxygens (including phenoxy) is 2. The summed E-state index contributed by atoms with van der Waals surface area (Å²) in [7, 11) is 0. The van der Waals surface area contributed by atoms with Crippen LogP contribution in [0, 0.1) is 0 Å². The van der Waals surface area contributed by atoms with Crippen molar-refractivity contribution in [2.75, 3.05) is 6.61 Å². The lowest BCUT2D eigenvalue weighted by molar-refractivity contribution is 0.0359. The van der Waals surface area contributed by atoms with Crippen molar-refractivity contribution in [3.63, 3.8) is 0 Å². The molecule has 3 aromatic rings. The number of rotatable bonds is 8. The van der Waals surface area contributed by atoms with E-state index in [-0.39, 0.29) is 30.1 Å². The van der Waals surface area contributed by atoms with Gasteiger partial charge in [-0.1, -0.05) is 18.2 Å². The molecule has 0 spiro atoms. The number of thioether (sulfide) groups is 1. The molecule has 7 heteroatoms. The predicted octanol–water partition coefficient (Wildman–Crippen LogP) is 6.43. The van der Waals surface area contributed by atoms with Crippen LogP contribution in [-0.4, -0.2) is 41.6 Å². The van der Waals surface area contributed by atoms with E-state index < -0.39 is 0 Å². The van der Waals surface area contributed by atoms with Gasteiger partial charge in [0, 0.05) is 36.2 Å². The zero-order valence-electron chi connectivity index (χ0n) is 19.7. The van der Waals surface area contributed by atoms with Gasteiger partial charge in [0.25, 0.3) is 5.91 Å². The number of amides is 1. The number of carbonyl (C=O) groups excluding carboxylic acids is 2. The Morgan fingerprint density at radius 1 is 0.971 bits per heavy atom. The Labute approximate surface area is 214 Å². The second-order valence-electron chi connectivity index (χ2n) is 8.97. The lowest BCUT2D eigenvalue weighted by Crippen LogP contribution is -2.49. The fraction of sp³-hybridized carbons (Fsp3) is 0.357. The quantitative estimate of drug-likeness (QED) is 0.260. The van der Waals surface area contributed by atoms with E-state index in [0.717, 1.165) is 42.7 Å². The number of hydrogen-bond donors (Lipinski definition) is 0. The molecule has 0 radical (unpaired) electrons. The standard InChI is InChI=1S/C28H29NO4S2/c1-2-32-28(31)21-9-13-24(14-10-21)33-25-16-22-11-12-23(17-25)29(22)27(30)20-7-5-19(6-8-20)18-35-26-4-3-15-34-26/h3-10,13-15,22-23,25H,2,11-12,16-18H2,1H3. The molecule has 2 saturated heterocycles. The number of hydrogen-bond acceptors (Lipinski definition) is 6. The third-order valence-electron chi connectivity index (χ3n) is 6.67. The van der Waals surface area contributed by atoms with Gasteiger partial charge >= 0.3 is 5.97 Å². The van der Waals surface area contributed by atoms with Gasteiger partial charge in [-0.05, 0) is 73.2 Å². The Bertz CT molecular complexity index is 1130. The van der Waals surface area contributed by atoms with Crippen molar-refractivity contribution < 1.29 is 19.1 Å². The van der Waals surface area contributed by atoms with Gasteiger partial charge in [0.15, 0.2) is 0 Å². The van der Waals surface area contributed by atoms with Crippen LogP contribution >= 0.6 is 23.1 Å². The van der Waals surface area contributed by atoms with Crippen molar-refractivity contribution in [2.24, 2.45) is 0 Å². The number of esters is 1. The first kappa shape index (κ1) is 23.9. The van der Waals surface area contributed by atoms with Crippen LogP contribution in [0.5, 0.6) is 5.75 Å². The Balaban J connectivity index is 1.17. The molecule has 2 atom stereocenters. The van der Waals surface area contributed by atoms with Crippen LogP contribution in [0.2, 0.25) is 0 Å². The summed E-state index contributed by atoms with van der Waals surface area (Å²) in [6.45, 7) is 2.15. The van der Waals surface area contributed by atoms with Crippen LogP contribution in [0.3, 0.4) is 0 Å². The van der Waals surface area contributed by atoms with E-state index in [1.54, 1.807) is 30.4 Å². The van der Waals surface area contributed by atoms with Gasteiger partial charge in [0.05, 0.1) is 16.4 Å². The minimum atomic E-state index is -0.321. The summed E-state index contributed by atoms with van der Waals surface area (Å²) in [4.78, 5) is 27.3. The summed E-state index contributed by atoms with van der Waals surface area (Å²) in [6.07, 6.45) is 3.78. The van der Waals surface area contributed by atoms with Gasteiger partial charge in [0.2, 0.25) is 0 Å². The fourth-order valence-corrected chi connectivity index (χ4v) is 6.76. The van der Waals surface area contributed by atoms with Gasteiger partial charge in [-0.25, -0.2) is 4.79 Å².